The van der Waals surface area contributed by atoms with Gasteiger partial charge in [0.1, 0.15) is 6.61 Å². The van der Waals surface area contributed by atoms with Crippen LogP contribution in [-0.4, -0.2) is 36.4 Å². The Bertz CT molecular complexity index is 1390. The molecule has 386 valence electrons. The van der Waals surface area contributed by atoms with Crippen molar-refractivity contribution in [2.75, 3.05) is 13.2 Å². The number of hydrogen-bond acceptors (Lipinski definition) is 5. The maximum absolute atomic E-state index is 12.3. The normalized spacial score (nSPS) is 13.2. The quantitative estimate of drug-likeness (QED) is 0.0374. The molecule has 0 aromatic heterocycles. The minimum absolute atomic E-state index is 0.0868. The molecule has 1 N–H and O–H groups in total. The van der Waals surface area contributed by atoms with Crippen LogP contribution in [0, 0.1) is 0 Å². The second kappa shape index (κ2) is 57.6. The van der Waals surface area contributed by atoms with Crippen LogP contribution in [0.25, 0.3) is 0 Å². The average Bonchev–Trinajstić information content (AvgIpc) is 3.34. The number of aliphatic hydroxyl groups excluding tert-OH is 1. The van der Waals surface area contributed by atoms with E-state index in [1.54, 1.807) is 0 Å². The van der Waals surface area contributed by atoms with Crippen molar-refractivity contribution in [3.05, 3.63) is 122 Å². The summed E-state index contributed by atoms with van der Waals surface area (Å²) < 4.78 is 10.7. The van der Waals surface area contributed by atoms with Crippen LogP contribution in [0.4, 0.5) is 0 Å². The molecule has 0 spiro atoms. The number of ether oxygens (including phenoxy) is 2. The SMILES string of the molecule is CC/C=C\C/C=C\C/C=C\C/C=C\C/C=C\C/C=C\C/C=C\CCCCCC(=O)OC(CO)COC(=O)CCCCCCCCCCCCCCCC/C=C\C/C=C\C/C=C\CCCCCCC. The highest BCUT2D eigenvalue weighted by molar-refractivity contribution is 5.70. The summed E-state index contributed by atoms with van der Waals surface area (Å²) in [6, 6.07) is 0. The zero-order valence-corrected chi connectivity index (χ0v) is 44.1. The Morgan fingerprint density at radius 2 is 0.632 bits per heavy atom. The molecular weight excluding hydrogens is 837 g/mol. The summed E-state index contributed by atoms with van der Waals surface area (Å²) in [5, 5.41) is 9.65. The van der Waals surface area contributed by atoms with Crippen LogP contribution in [0.1, 0.15) is 245 Å². The fraction of sp³-hybridized carbons (Fsp3) is 0.651. The summed E-state index contributed by atoms with van der Waals surface area (Å²) in [5.41, 5.74) is 0. The predicted molar refractivity (Wildman–Crippen MR) is 297 cm³/mol. The second-order valence-electron chi connectivity index (χ2n) is 18.3. The molecule has 0 heterocycles. The van der Waals surface area contributed by atoms with E-state index >= 15 is 0 Å². The molecule has 0 aliphatic carbocycles. The van der Waals surface area contributed by atoms with E-state index in [4.69, 9.17) is 9.47 Å². The van der Waals surface area contributed by atoms with Crippen molar-refractivity contribution < 1.29 is 24.2 Å². The molecule has 0 aliphatic heterocycles. The molecule has 0 fully saturated rings. The van der Waals surface area contributed by atoms with Gasteiger partial charge in [-0.3, -0.25) is 9.59 Å². The van der Waals surface area contributed by atoms with Crippen molar-refractivity contribution in [1.29, 1.82) is 0 Å². The van der Waals surface area contributed by atoms with Crippen molar-refractivity contribution in [2.24, 2.45) is 0 Å². The summed E-state index contributed by atoms with van der Waals surface area (Å²) >= 11 is 0. The van der Waals surface area contributed by atoms with E-state index in [1.807, 2.05) is 0 Å². The van der Waals surface area contributed by atoms with E-state index in [1.165, 1.54) is 116 Å². The smallest absolute Gasteiger partial charge is 0.306 e. The lowest BCUT2D eigenvalue weighted by atomic mass is 10.0. The molecule has 0 rings (SSSR count). The largest absolute Gasteiger partial charge is 0.462 e. The van der Waals surface area contributed by atoms with Crippen molar-refractivity contribution in [2.45, 2.75) is 251 Å². The number of aliphatic hydroxyl groups is 1. The zero-order valence-electron chi connectivity index (χ0n) is 44.1. The first-order valence-corrected chi connectivity index (χ1v) is 28.1. The van der Waals surface area contributed by atoms with E-state index < -0.39 is 6.10 Å². The van der Waals surface area contributed by atoms with E-state index in [0.29, 0.717) is 12.8 Å². The van der Waals surface area contributed by atoms with Crippen molar-refractivity contribution >= 4 is 11.9 Å². The summed E-state index contributed by atoms with van der Waals surface area (Å²) in [5.74, 6) is -0.634. The molecule has 5 heteroatoms. The van der Waals surface area contributed by atoms with Crippen molar-refractivity contribution in [3.8, 4) is 0 Å². The van der Waals surface area contributed by atoms with Gasteiger partial charge in [0.05, 0.1) is 6.61 Å². The Morgan fingerprint density at radius 3 is 0.971 bits per heavy atom. The van der Waals surface area contributed by atoms with Gasteiger partial charge in [-0.05, 0) is 109 Å². The maximum atomic E-state index is 12.3. The van der Waals surface area contributed by atoms with Gasteiger partial charge in [0.2, 0.25) is 0 Å². The fourth-order valence-electron chi connectivity index (χ4n) is 7.54. The Morgan fingerprint density at radius 1 is 0.353 bits per heavy atom. The number of carbonyl (C=O) groups excluding carboxylic acids is 2. The number of carbonyl (C=O) groups is 2. The van der Waals surface area contributed by atoms with Gasteiger partial charge in [0.25, 0.3) is 0 Å². The standard InChI is InChI=1S/C63H104O5/c1-3-5-7-9-11-13-15-17-19-21-23-25-27-29-30-31-32-34-35-37-39-41-43-45-47-49-51-53-55-57-62(65)67-60-61(59-64)68-63(66)58-56-54-52-50-48-46-44-42-40-38-36-33-28-26-24-22-20-18-16-14-12-10-8-6-4-2/h6,8,12,14-15,17-18,20-21,23-24,26-27,29,33,36,40,42,46,48,61,64H,3-5,7,9-11,13,16,19,22,25,28,30-32,34-35,37-39,41,43-45,47,49-60H2,1-2H3/b8-6-,14-12-,17-15-,20-18-,23-21-,26-24-,29-27-,36-33-,42-40-,48-46-. The number of rotatable bonds is 50. The zero-order chi connectivity index (χ0) is 49.2. The summed E-state index contributed by atoms with van der Waals surface area (Å²) in [4.78, 5) is 24.5. The fourth-order valence-corrected chi connectivity index (χ4v) is 7.54. The van der Waals surface area contributed by atoms with E-state index in [9.17, 15) is 14.7 Å². The van der Waals surface area contributed by atoms with Crippen LogP contribution >= 0.6 is 0 Å². The van der Waals surface area contributed by atoms with Gasteiger partial charge < -0.3 is 14.6 Å². The van der Waals surface area contributed by atoms with Crippen LogP contribution in [-0.2, 0) is 19.1 Å². The average molecular weight is 942 g/mol. The topological polar surface area (TPSA) is 72.8 Å². The van der Waals surface area contributed by atoms with Crippen LogP contribution in [0.15, 0.2) is 122 Å². The molecule has 0 amide bonds. The van der Waals surface area contributed by atoms with Crippen molar-refractivity contribution in [3.63, 3.8) is 0 Å². The molecule has 0 saturated heterocycles. The van der Waals surface area contributed by atoms with Crippen LogP contribution < -0.4 is 0 Å². The molecule has 0 aromatic carbocycles. The molecule has 68 heavy (non-hydrogen) atoms. The highest BCUT2D eigenvalue weighted by Crippen LogP contribution is 2.15. The highest BCUT2D eigenvalue weighted by atomic mass is 16.6. The Balaban J connectivity index is 3.59. The maximum Gasteiger partial charge on any atom is 0.306 e. The van der Waals surface area contributed by atoms with Gasteiger partial charge in [0.15, 0.2) is 6.10 Å². The third-order valence-electron chi connectivity index (χ3n) is 11.7. The minimum atomic E-state index is -0.800. The lowest BCUT2D eigenvalue weighted by Gasteiger charge is -2.15. The number of esters is 2. The molecule has 5 nitrogen and oxygen atoms in total. The van der Waals surface area contributed by atoms with Crippen LogP contribution in [0.2, 0.25) is 0 Å². The lowest BCUT2D eigenvalue weighted by Crippen LogP contribution is -2.28. The Hall–Kier alpha value is -3.70. The second-order valence-corrected chi connectivity index (χ2v) is 18.3. The number of allylic oxidation sites excluding steroid dienone is 20. The predicted octanol–water partition coefficient (Wildman–Crippen LogP) is 19.1. The van der Waals surface area contributed by atoms with E-state index in [-0.39, 0.29) is 25.2 Å². The summed E-state index contributed by atoms with van der Waals surface area (Å²) in [6.07, 6.45) is 84.5. The summed E-state index contributed by atoms with van der Waals surface area (Å²) in [6.45, 7) is 3.99. The molecule has 0 bridgehead atoms. The van der Waals surface area contributed by atoms with Gasteiger partial charge in [0, 0.05) is 12.8 Å². The molecule has 0 aromatic rings. The minimum Gasteiger partial charge on any atom is -0.462 e. The van der Waals surface area contributed by atoms with Crippen LogP contribution in [0.5, 0.6) is 0 Å². The Labute approximate surface area is 420 Å². The molecule has 0 saturated carbocycles. The summed E-state index contributed by atoms with van der Waals surface area (Å²) in [7, 11) is 0. The molecule has 1 atom stereocenters. The van der Waals surface area contributed by atoms with Crippen molar-refractivity contribution in [1.82, 2.24) is 0 Å². The van der Waals surface area contributed by atoms with Gasteiger partial charge in [-0.25, -0.2) is 0 Å². The van der Waals surface area contributed by atoms with Gasteiger partial charge in [-0.1, -0.05) is 245 Å². The third-order valence-corrected chi connectivity index (χ3v) is 11.7. The highest BCUT2D eigenvalue weighted by Gasteiger charge is 2.16. The monoisotopic (exact) mass is 941 g/mol. The van der Waals surface area contributed by atoms with Gasteiger partial charge in [-0.15, -0.1) is 0 Å². The van der Waals surface area contributed by atoms with Gasteiger partial charge in [-0.2, -0.15) is 0 Å². The van der Waals surface area contributed by atoms with Crippen LogP contribution in [0.3, 0.4) is 0 Å². The first-order chi connectivity index (χ1) is 33.6. The molecule has 0 radical (unpaired) electrons. The number of hydrogen-bond donors (Lipinski definition) is 1. The van der Waals surface area contributed by atoms with E-state index in [2.05, 4.69) is 135 Å². The third kappa shape index (κ3) is 54.9. The van der Waals surface area contributed by atoms with E-state index in [0.717, 1.165) is 103 Å². The molecule has 0 aliphatic rings. The lowest BCUT2D eigenvalue weighted by molar-refractivity contribution is -0.161. The first-order valence-electron chi connectivity index (χ1n) is 28.1. The number of unbranched alkanes of at least 4 members (excludes halogenated alkanes) is 22. The first kappa shape index (κ1) is 64.3. The molecule has 1 unspecified atom stereocenters. The Kier molecular flexibility index (Phi) is 54.5. The molecular formula is C63H104O5. The van der Waals surface area contributed by atoms with Gasteiger partial charge >= 0.3 is 11.9 Å².